The summed E-state index contributed by atoms with van der Waals surface area (Å²) in [5, 5.41) is 14.5. The van der Waals surface area contributed by atoms with Crippen LogP contribution in [0.5, 0.6) is 0 Å². The van der Waals surface area contributed by atoms with Gasteiger partial charge in [-0.25, -0.2) is 4.79 Å². The van der Waals surface area contributed by atoms with Gasteiger partial charge in [-0.05, 0) is 51.1 Å². The molecule has 0 aliphatic carbocycles. The van der Waals surface area contributed by atoms with E-state index in [1.54, 1.807) is 57.3 Å². The maximum absolute atomic E-state index is 12.5. The van der Waals surface area contributed by atoms with Gasteiger partial charge in [0.1, 0.15) is 11.2 Å². The van der Waals surface area contributed by atoms with Crippen LogP contribution in [0.4, 0.5) is 16.2 Å². The Hall–Kier alpha value is -3.68. The molecule has 1 amide bonds. The van der Waals surface area contributed by atoms with Crippen molar-refractivity contribution in [1.29, 1.82) is 0 Å². The monoisotopic (exact) mass is 381 g/mol. The summed E-state index contributed by atoms with van der Waals surface area (Å²) in [5.41, 5.74) is 0.165. The van der Waals surface area contributed by atoms with Crippen molar-refractivity contribution in [3.8, 4) is 0 Å². The van der Waals surface area contributed by atoms with Crippen molar-refractivity contribution in [1.82, 2.24) is 4.57 Å². The number of nitrogens with one attached hydrogen (secondary N) is 1. The molecule has 1 N–H and O–H groups in total. The van der Waals surface area contributed by atoms with Crippen LogP contribution in [-0.4, -0.2) is 27.1 Å². The maximum atomic E-state index is 12.5. The first-order chi connectivity index (χ1) is 13.2. The Morgan fingerprint density at radius 1 is 1.11 bits per heavy atom. The first-order valence-electron chi connectivity index (χ1n) is 8.55. The highest BCUT2D eigenvalue weighted by Crippen LogP contribution is 2.24. The Labute approximate surface area is 160 Å². The number of rotatable bonds is 3. The SMILES string of the molecule is CC(C)(C)OC(=O)n1ccc2cc(NC(=O)c3ccccc3[N+](=O)[O-])ccc21. The molecule has 0 saturated carbocycles. The van der Waals surface area contributed by atoms with Gasteiger partial charge in [0.15, 0.2) is 0 Å². The van der Waals surface area contributed by atoms with E-state index in [0.717, 1.165) is 0 Å². The molecule has 8 nitrogen and oxygen atoms in total. The van der Waals surface area contributed by atoms with Crippen LogP contribution in [0.25, 0.3) is 10.9 Å². The van der Waals surface area contributed by atoms with E-state index in [2.05, 4.69) is 5.32 Å². The number of fused-ring (bicyclic) bond motifs is 1. The van der Waals surface area contributed by atoms with Crippen molar-refractivity contribution >= 4 is 34.3 Å². The van der Waals surface area contributed by atoms with E-state index in [4.69, 9.17) is 4.74 Å². The standard InChI is InChI=1S/C20H19N3O5/c1-20(2,3)28-19(25)22-11-10-13-12-14(8-9-16(13)22)21-18(24)15-6-4-5-7-17(15)23(26)27/h4-12H,1-3H3,(H,21,24). The van der Waals surface area contributed by atoms with Crippen LogP contribution in [-0.2, 0) is 4.74 Å². The average Bonchev–Trinajstić information content (AvgIpc) is 3.03. The molecule has 1 aromatic heterocycles. The summed E-state index contributed by atoms with van der Waals surface area (Å²) in [7, 11) is 0. The van der Waals surface area contributed by atoms with Gasteiger partial charge in [0, 0.05) is 23.3 Å². The molecule has 0 aliphatic heterocycles. The van der Waals surface area contributed by atoms with E-state index < -0.39 is 22.5 Å². The van der Waals surface area contributed by atoms with Crippen LogP contribution in [0.1, 0.15) is 31.1 Å². The summed E-state index contributed by atoms with van der Waals surface area (Å²) < 4.78 is 6.75. The quantitative estimate of drug-likeness (QED) is 0.528. The Bertz CT molecular complexity index is 1080. The lowest BCUT2D eigenvalue weighted by Gasteiger charge is -2.19. The second-order valence-electron chi connectivity index (χ2n) is 7.17. The molecule has 0 aliphatic rings. The molecule has 0 atom stereocenters. The normalized spacial score (nSPS) is 11.2. The number of hydrogen-bond donors (Lipinski definition) is 1. The third-order valence-corrected chi connectivity index (χ3v) is 3.88. The summed E-state index contributed by atoms with van der Waals surface area (Å²) in [5.74, 6) is -0.585. The van der Waals surface area contributed by atoms with Crippen LogP contribution in [0.3, 0.4) is 0 Å². The number of amides is 1. The van der Waals surface area contributed by atoms with E-state index >= 15 is 0 Å². The van der Waals surface area contributed by atoms with Gasteiger partial charge in [-0.1, -0.05) is 12.1 Å². The number of para-hydroxylation sites is 1. The Morgan fingerprint density at radius 2 is 1.82 bits per heavy atom. The number of aromatic nitrogens is 1. The van der Waals surface area contributed by atoms with E-state index in [1.165, 1.54) is 22.8 Å². The summed E-state index contributed by atoms with van der Waals surface area (Å²) in [6.45, 7) is 5.35. The fraction of sp³-hybridized carbons (Fsp3) is 0.200. The molecule has 144 valence electrons. The number of hydrogen-bond acceptors (Lipinski definition) is 5. The first kappa shape index (κ1) is 19.1. The third kappa shape index (κ3) is 4.01. The van der Waals surface area contributed by atoms with Crippen LogP contribution >= 0.6 is 0 Å². The fourth-order valence-corrected chi connectivity index (χ4v) is 2.71. The predicted octanol–water partition coefficient (Wildman–Crippen LogP) is 4.59. The van der Waals surface area contributed by atoms with Crippen molar-refractivity contribution in [2.75, 3.05) is 5.32 Å². The highest BCUT2D eigenvalue weighted by atomic mass is 16.6. The number of carbonyl (C=O) groups is 2. The Morgan fingerprint density at radius 3 is 2.50 bits per heavy atom. The lowest BCUT2D eigenvalue weighted by atomic mass is 10.1. The molecule has 1 heterocycles. The van der Waals surface area contributed by atoms with E-state index in [0.29, 0.717) is 16.6 Å². The second kappa shape index (κ2) is 7.15. The topological polar surface area (TPSA) is 103 Å². The van der Waals surface area contributed by atoms with Crippen molar-refractivity contribution in [2.45, 2.75) is 26.4 Å². The van der Waals surface area contributed by atoms with Gasteiger partial charge in [0.05, 0.1) is 10.4 Å². The number of anilines is 1. The number of nitro groups is 1. The van der Waals surface area contributed by atoms with Crippen LogP contribution in [0, 0.1) is 10.1 Å². The molecule has 3 rings (SSSR count). The van der Waals surface area contributed by atoms with Gasteiger partial charge >= 0.3 is 6.09 Å². The molecule has 28 heavy (non-hydrogen) atoms. The van der Waals surface area contributed by atoms with Gasteiger partial charge in [-0.3, -0.25) is 19.5 Å². The summed E-state index contributed by atoms with van der Waals surface area (Å²) in [6.07, 6.45) is 1.09. The van der Waals surface area contributed by atoms with E-state index in [9.17, 15) is 19.7 Å². The Balaban J connectivity index is 1.85. The van der Waals surface area contributed by atoms with Crippen LogP contribution in [0.15, 0.2) is 54.7 Å². The lowest BCUT2D eigenvalue weighted by molar-refractivity contribution is -0.385. The smallest absolute Gasteiger partial charge is 0.418 e. The van der Waals surface area contributed by atoms with E-state index in [1.807, 2.05) is 0 Å². The van der Waals surface area contributed by atoms with Crippen LogP contribution in [0.2, 0.25) is 0 Å². The van der Waals surface area contributed by atoms with E-state index in [-0.39, 0.29) is 11.3 Å². The fourth-order valence-electron chi connectivity index (χ4n) is 2.71. The van der Waals surface area contributed by atoms with Gasteiger partial charge in [0.2, 0.25) is 0 Å². The molecule has 8 heteroatoms. The van der Waals surface area contributed by atoms with Gasteiger partial charge in [-0.15, -0.1) is 0 Å². The number of nitro benzene ring substituents is 1. The summed E-state index contributed by atoms with van der Waals surface area (Å²) >= 11 is 0. The zero-order valence-corrected chi connectivity index (χ0v) is 15.6. The zero-order chi connectivity index (χ0) is 20.5. The van der Waals surface area contributed by atoms with Crippen molar-refractivity contribution < 1.29 is 19.2 Å². The van der Waals surface area contributed by atoms with Crippen molar-refractivity contribution in [2.24, 2.45) is 0 Å². The predicted molar refractivity (Wildman–Crippen MR) is 105 cm³/mol. The second-order valence-corrected chi connectivity index (χ2v) is 7.17. The summed E-state index contributed by atoms with van der Waals surface area (Å²) in [6, 6.07) is 12.4. The van der Waals surface area contributed by atoms with Gasteiger partial charge < -0.3 is 10.1 Å². The van der Waals surface area contributed by atoms with Crippen molar-refractivity contribution in [3.05, 3.63) is 70.4 Å². The highest BCUT2D eigenvalue weighted by Gasteiger charge is 2.21. The molecule has 2 aromatic carbocycles. The highest BCUT2D eigenvalue weighted by molar-refractivity contribution is 6.07. The molecule has 0 saturated heterocycles. The molecular formula is C20H19N3O5. The number of nitrogens with zero attached hydrogens (tertiary/aromatic N) is 2. The number of benzene rings is 2. The first-order valence-corrected chi connectivity index (χ1v) is 8.55. The zero-order valence-electron chi connectivity index (χ0n) is 15.6. The minimum atomic E-state index is -0.619. The molecule has 0 unspecified atom stereocenters. The summed E-state index contributed by atoms with van der Waals surface area (Å²) in [4.78, 5) is 35.2. The molecule has 0 spiro atoms. The van der Waals surface area contributed by atoms with Gasteiger partial charge in [0.25, 0.3) is 11.6 Å². The number of carbonyl (C=O) groups excluding carboxylic acids is 2. The van der Waals surface area contributed by atoms with Crippen molar-refractivity contribution in [3.63, 3.8) is 0 Å². The molecular weight excluding hydrogens is 362 g/mol. The molecule has 0 bridgehead atoms. The van der Waals surface area contributed by atoms with Crippen LogP contribution < -0.4 is 5.32 Å². The largest absolute Gasteiger partial charge is 0.443 e. The average molecular weight is 381 g/mol. The van der Waals surface area contributed by atoms with Gasteiger partial charge in [-0.2, -0.15) is 0 Å². The molecule has 0 radical (unpaired) electrons. The minimum Gasteiger partial charge on any atom is -0.443 e. The number of ether oxygens (including phenoxy) is 1. The third-order valence-electron chi connectivity index (χ3n) is 3.88. The maximum Gasteiger partial charge on any atom is 0.418 e. The molecule has 0 fully saturated rings. The lowest BCUT2D eigenvalue weighted by Crippen LogP contribution is -2.26. The minimum absolute atomic E-state index is 0.0288. The molecule has 3 aromatic rings. The Kier molecular flexibility index (Phi) is 4.87.